The molecule has 1 N–H and O–H groups in total. The summed E-state index contributed by atoms with van der Waals surface area (Å²) in [5, 5.41) is 9.46. The minimum atomic E-state index is -0.954. The number of hydrogen-bond acceptors (Lipinski definition) is 4. The molecule has 3 aliphatic rings. The maximum atomic E-state index is 12.9. The Morgan fingerprint density at radius 1 is 1.04 bits per heavy atom. The van der Waals surface area contributed by atoms with E-state index in [0.717, 1.165) is 24.0 Å². The SMILES string of the molecule is O=C(O)C1CSC(C2CC2)N1C(=O)OCC1c2ccccc2-c2ccccc21. The molecule has 2 atom stereocenters. The van der Waals surface area contributed by atoms with E-state index in [0.29, 0.717) is 11.7 Å². The summed E-state index contributed by atoms with van der Waals surface area (Å²) in [6.45, 7) is 0.220. The van der Waals surface area contributed by atoms with Gasteiger partial charge in [0, 0.05) is 11.7 Å². The lowest BCUT2D eigenvalue weighted by molar-refractivity contribution is -0.141. The standard InChI is InChI=1S/C22H21NO4S/c24-21(25)19-12-28-20(13-9-10-13)23(19)22(26)27-11-18-16-7-3-1-5-14(16)15-6-2-4-8-17(15)18/h1-8,13,18-20H,9-12H2,(H,24,25). The molecular formula is C22H21NO4S. The lowest BCUT2D eigenvalue weighted by Gasteiger charge is -2.27. The molecule has 28 heavy (non-hydrogen) atoms. The molecule has 6 heteroatoms. The number of benzene rings is 2. The summed E-state index contributed by atoms with van der Waals surface area (Å²) in [5.74, 6) is -0.144. The Morgan fingerprint density at radius 2 is 1.64 bits per heavy atom. The summed E-state index contributed by atoms with van der Waals surface area (Å²) in [6.07, 6.45) is 1.60. The van der Waals surface area contributed by atoms with Gasteiger partial charge in [-0.3, -0.25) is 4.90 Å². The van der Waals surface area contributed by atoms with Gasteiger partial charge in [-0.1, -0.05) is 48.5 Å². The van der Waals surface area contributed by atoms with Crippen LogP contribution in [0.15, 0.2) is 48.5 Å². The van der Waals surface area contributed by atoms with Crippen LogP contribution in [0.4, 0.5) is 4.79 Å². The molecule has 2 fully saturated rings. The van der Waals surface area contributed by atoms with Gasteiger partial charge in [0.1, 0.15) is 12.6 Å². The Hall–Kier alpha value is -2.47. The largest absolute Gasteiger partial charge is 0.480 e. The van der Waals surface area contributed by atoms with E-state index in [2.05, 4.69) is 24.3 Å². The molecule has 5 rings (SSSR count). The van der Waals surface area contributed by atoms with E-state index >= 15 is 0 Å². The number of nitrogens with zero attached hydrogens (tertiary/aromatic N) is 1. The third-order valence-corrected chi connectivity index (χ3v) is 7.35. The molecule has 2 aromatic rings. The Morgan fingerprint density at radius 3 is 2.21 bits per heavy atom. The molecule has 2 unspecified atom stereocenters. The molecule has 5 nitrogen and oxygen atoms in total. The van der Waals surface area contributed by atoms with Crippen LogP contribution in [-0.2, 0) is 9.53 Å². The molecular weight excluding hydrogens is 374 g/mol. The second-order valence-electron chi connectivity index (χ2n) is 7.63. The third kappa shape index (κ3) is 2.87. The lowest BCUT2D eigenvalue weighted by atomic mass is 9.98. The Bertz CT molecular complexity index is 896. The van der Waals surface area contributed by atoms with Crippen molar-refractivity contribution in [3.05, 3.63) is 59.7 Å². The van der Waals surface area contributed by atoms with Gasteiger partial charge in [-0.15, -0.1) is 11.8 Å². The maximum Gasteiger partial charge on any atom is 0.411 e. The van der Waals surface area contributed by atoms with E-state index in [1.54, 1.807) is 11.8 Å². The quantitative estimate of drug-likeness (QED) is 0.841. The van der Waals surface area contributed by atoms with E-state index in [1.165, 1.54) is 16.0 Å². The molecule has 2 aliphatic carbocycles. The van der Waals surface area contributed by atoms with Gasteiger partial charge in [0.05, 0.1) is 5.37 Å². The minimum Gasteiger partial charge on any atom is -0.480 e. The molecule has 144 valence electrons. The van der Waals surface area contributed by atoms with Crippen LogP contribution in [0.2, 0.25) is 0 Å². The zero-order chi connectivity index (χ0) is 19.3. The minimum absolute atomic E-state index is 0.0192. The number of fused-ring (bicyclic) bond motifs is 3. The zero-order valence-electron chi connectivity index (χ0n) is 15.3. The van der Waals surface area contributed by atoms with Crippen molar-refractivity contribution in [2.75, 3.05) is 12.4 Å². The molecule has 0 spiro atoms. The van der Waals surface area contributed by atoms with Gasteiger partial charge in [0.15, 0.2) is 0 Å². The van der Waals surface area contributed by atoms with Crippen molar-refractivity contribution in [3.8, 4) is 11.1 Å². The fraction of sp³-hybridized carbons (Fsp3) is 0.364. The van der Waals surface area contributed by atoms with E-state index in [-0.39, 0.29) is 17.9 Å². The normalized spacial score (nSPS) is 23.4. The predicted molar refractivity (Wildman–Crippen MR) is 107 cm³/mol. The molecule has 1 saturated carbocycles. The number of rotatable bonds is 4. The number of carboxylic acid groups (broad SMARTS) is 1. The fourth-order valence-corrected chi connectivity index (χ4v) is 5.98. The highest BCUT2D eigenvalue weighted by atomic mass is 32.2. The number of ether oxygens (including phenoxy) is 1. The summed E-state index contributed by atoms with van der Waals surface area (Å²) in [6, 6.07) is 15.6. The molecule has 2 aromatic carbocycles. The number of carboxylic acids is 1. The molecule has 1 heterocycles. The van der Waals surface area contributed by atoms with Crippen LogP contribution < -0.4 is 0 Å². The molecule has 0 bridgehead atoms. The van der Waals surface area contributed by atoms with Gasteiger partial charge in [0.2, 0.25) is 0 Å². The van der Waals surface area contributed by atoms with Crippen LogP contribution in [0.25, 0.3) is 11.1 Å². The number of hydrogen-bond donors (Lipinski definition) is 1. The lowest BCUT2D eigenvalue weighted by Crippen LogP contribution is -2.46. The van der Waals surface area contributed by atoms with Crippen molar-refractivity contribution in [2.24, 2.45) is 5.92 Å². The highest BCUT2D eigenvalue weighted by Crippen LogP contribution is 2.47. The van der Waals surface area contributed by atoms with Gasteiger partial charge in [-0.05, 0) is 41.0 Å². The van der Waals surface area contributed by atoms with Crippen LogP contribution in [0.5, 0.6) is 0 Å². The predicted octanol–water partition coefficient (Wildman–Crippen LogP) is 4.17. The second kappa shape index (κ2) is 6.85. The average Bonchev–Trinajstić information content (AvgIpc) is 3.37. The van der Waals surface area contributed by atoms with Gasteiger partial charge >= 0.3 is 12.1 Å². The van der Waals surface area contributed by atoms with Gasteiger partial charge in [0.25, 0.3) is 0 Å². The first kappa shape index (κ1) is 17.6. The highest BCUT2D eigenvalue weighted by Gasteiger charge is 2.49. The topological polar surface area (TPSA) is 66.8 Å². The average molecular weight is 395 g/mol. The first-order valence-corrected chi connectivity index (χ1v) is 10.7. The zero-order valence-corrected chi connectivity index (χ0v) is 16.1. The van der Waals surface area contributed by atoms with Gasteiger partial charge in [-0.2, -0.15) is 0 Å². The first-order chi connectivity index (χ1) is 13.6. The summed E-state index contributed by atoms with van der Waals surface area (Å²) in [7, 11) is 0. The van der Waals surface area contributed by atoms with Crippen LogP contribution >= 0.6 is 11.8 Å². The first-order valence-electron chi connectivity index (χ1n) is 9.63. The van der Waals surface area contributed by atoms with Gasteiger partial charge < -0.3 is 9.84 Å². The number of carbonyl (C=O) groups excluding carboxylic acids is 1. The Kier molecular flexibility index (Phi) is 4.31. The van der Waals surface area contributed by atoms with Crippen molar-refractivity contribution in [2.45, 2.75) is 30.2 Å². The number of amides is 1. The Balaban J connectivity index is 1.37. The smallest absolute Gasteiger partial charge is 0.411 e. The molecule has 1 saturated heterocycles. The van der Waals surface area contributed by atoms with E-state index in [9.17, 15) is 14.7 Å². The van der Waals surface area contributed by atoms with E-state index in [1.807, 2.05) is 24.3 Å². The van der Waals surface area contributed by atoms with Crippen LogP contribution in [-0.4, -0.2) is 45.8 Å². The van der Waals surface area contributed by atoms with Crippen LogP contribution in [0.3, 0.4) is 0 Å². The number of carbonyl (C=O) groups is 2. The van der Waals surface area contributed by atoms with Crippen molar-refractivity contribution < 1.29 is 19.4 Å². The van der Waals surface area contributed by atoms with Gasteiger partial charge in [-0.25, -0.2) is 9.59 Å². The summed E-state index contributed by atoms with van der Waals surface area (Å²) >= 11 is 1.57. The third-order valence-electron chi connectivity index (χ3n) is 5.89. The molecule has 0 aromatic heterocycles. The Labute approximate surface area is 167 Å². The molecule has 1 amide bonds. The number of aliphatic carboxylic acids is 1. The van der Waals surface area contributed by atoms with Crippen LogP contribution in [0, 0.1) is 5.92 Å². The summed E-state index contributed by atoms with van der Waals surface area (Å²) in [5.41, 5.74) is 4.66. The monoisotopic (exact) mass is 395 g/mol. The van der Waals surface area contributed by atoms with E-state index in [4.69, 9.17) is 4.74 Å². The van der Waals surface area contributed by atoms with Crippen LogP contribution in [0.1, 0.15) is 29.9 Å². The van der Waals surface area contributed by atoms with Crippen molar-refractivity contribution >= 4 is 23.8 Å². The number of thioether (sulfide) groups is 1. The highest BCUT2D eigenvalue weighted by molar-refractivity contribution is 8.00. The van der Waals surface area contributed by atoms with Crippen molar-refractivity contribution in [1.82, 2.24) is 4.90 Å². The summed E-state index contributed by atoms with van der Waals surface area (Å²) in [4.78, 5) is 26.0. The molecule has 0 radical (unpaired) electrons. The van der Waals surface area contributed by atoms with Crippen molar-refractivity contribution in [1.29, 1.82) is 0 Å². The summed E-state index contributed by atoms with van der Waals surface area (Å²) < 4.78 is 5.72. The fourth-order valence-electron chi connectivity index (χ4n) is 4.36. The second-order valence-corrected chi connectivity index (χ2v) is 8.78. The molecule has 1 aliphatic heterocycles. The van der Waals surface area contributed by atoms with Crippen molar-refractivity contribution in [3.63, 3.8) is 0 Å². The van der Waals surface area contributed by atoms with E-state index < -0.39 is 18.1 Å². The maximum absolute atomic E-state index is 12.9.